The smallest absolute Gasteiger partial charge is 0.247 e. The van der Waals surface area contributed by atoms with E-state index >= 15 is 0 Å². The Kier molecular flexibility index (Phi) is 3.65. The van der Waals surface area contributed by atoms with Crippen molar-refractivity contribution in [3.8, 4) is 0 Å². The Morgan fingerprint density at radius 1 is 1.19 bits per heavy atom. The molecular weight excluding hydrogens is 260 g/mol. The van der Waals surface area contributed by atoms with Gasteiger partial charge in [0.2, 0.25) is 5.91 Å². The predicted molar refractivity (Wildman–Crippen MR) is 84.8 cm³/mol. The standard InChI is InChI=1S/C18H20N2O/c1-14-5-7-16(8-6-14)9-10-18(21)20-13-12-19-11-3-4-17(19)15(20)2/h3-11,15H,12-13H2,1-2H3/b10-9-/t15-/m1/s1. The summed E-state index contributed by atoms with van der Waals surface area (Å²) in [5, 5.41) is 0. The zero-order chi connectivity index (χ0) is 14.8. The molecule has 0 spiro atoms. The second-order valence-electron chi connectivity index (χ2n) is 5.58. The van der Waals surface area contributed by atoms with Crippen molar-refractivity contribution in [2.75, 3.05) is 6.54 Å². The predicted octanol–water partition coefficient (Wildman–Crippen LogP) is 3.41. The van der Waals surface area contributed by atoms with Crippen molar-refractivity contribution in [3.05, 3.63) is 65.5 Å². The summed E-state index contributed by atoms with van der Waals surface area (Å²) in [5.74, 6) is 0.0792. The largest absolute Gasteiger partial charge is 0.348 e. The summed E-state index contributed by atoms with van der Waals surface area (Å²) < 4.78 is 2.22. The molecule has 0 saturated heterocycles. The topological polar surface area (TPSA) is 25.2 Å². The van der Waals surface area contributed by atoms with Gasteiger partial charge >= 0.3 is 0 Å². The summed E-state index contributed by atoms with van der Waals surface area (Å²) in [4.78, 5) is 14.3. The number of rotatable bonds is 2. The highest BCUT2D eigenvalue weighted by Crippen LogP contribution is 2.25. The van der Waals surface area contributed by atoms with Crippen molar-refractivity contribution >= 4 is 12.0 Å². The van der Waals surface area contributed by atoms with Crippen molar-refractivity contribution in [1.29, 1.82) is 0 Å². The minimum atomic E-state index is 0.0792. The monoisotopic (exact) mass is 280 g/mol. The van der Waals surface area contributed by atoms with Crippen LogP contribution in [0.1, 0.15) is 29.8 Å². The molecule has 0 N–H and O–H groups in total. The number of benzene rings is 1. The van der Waals surface area contributed by atoms with Gasteiger partial charge in [-0.05, 0) is 37.6 Å². The summed E-state index contributed by atoms with van der Waals surface area (Å²) in [6, 6.07) is 12.4. The highest BCUT2D eigenvalue weighted by Gasteiger charge is 2.25. The van der Waals surface area contributed by atoms with Crippen LogP contribution in [0.3, 0.4) is 0 Å². The number of carbonyl (C=O) groups excluding carboxylic acids is 1. The molecule has 1 atom stereocenters. The first kappa shape index (κ1) is 13.7. The van der Waals surface area contributed by atoms with Crippen molar-refractivity contribution in [3.63, 3.8) is 0 Å². The van der Waals surface area contributed by atoms with Gasteiger partial charge in [0.05, 0.1) is 6.04 Å². The van der Waals surface area contributed by atoms with Crippen LogP contribution in [0.2, 0.25) is 0 Å². The van der Waals surface area contributed by atoms with Crippen LogP contribution in [-0.4, -0.2) is 21.9 Å². The molecule has 108 valence electrons. The molecule has 1 aliphatic heterocycles. The first-order valence-electron chi connectivity index (χ1n) is 7.35. The zero-order valence-corrected chi connectivity index (χ0v) is 12.5. The third-order valence-corrected chi connectivity index (χ3v) is 4.12. The maximum absolute atomic E-state index is 12.4. The van der Waals surface area contributed by atoms with Gasteiger partial charge in [-0.3, -0.25) is 4.79 Å². The summed E-state index contributed by atoms with van der Waals surface area (Å²) in [5.41, 5.74) is 3.49. The molecule has 3 nitrogen and oxygen atoms in total. The minimum absolute atomic E-state index is 0.0792. The van der Waals surface area contributed by atoms with E-state index in [2.05, 4.69) is 42.8 Å². The first-order valence-corrected chi connectivity index (χ1v) is 7.35. The van der Waals surface area contributed by atoms with E-state index in [4.69, 9.17) is 0 Å². The highest BCUT2D eigenvalue weighted by atomic mass is 16.2. The van der Waals surface area contributed by atoms with Gasteiger partial charge in [-0.25, -0.2) is 0 Å². The summed E-state index contributed by atoms with van der Waals surface area (Å²) in [6.45, 7) is 5.78. The maximum atomic E-state index is 12.4. The molecule has 0 saturated carbocycles. The number of hydrogen-bond acceptors (Lipinski definition) is 1. The van der Waals surface area contributed by atoms with E-state index in [1.54, 1.807) is 6.08 Å². The average molecular weight is 280 g/mol. The molecule has 3 heteroatoms. The van der Waals surface area contributed by atoms with Gasteiger partial charge in [0.1, 0.15) is 0 Å². The molecule has 0 aliphatic carbocycles. The molecule has 1 aromatic heterocycles. The lowest BCUT2D eigenvalue weighted by Gasteiger charge is -2.34. The minimum Gasteiger partial charge on any atom is -0.348 e. The van der Waals surface area contributed by atoms with E-state index in [1.165, 1.54) is 11.3 Å². The second-order valence-corrected chi connectivity index (χ2v) is 5.58. The molecule has 0 radical (unpaired) electrons. The lowest BCUT2D eigenvalue weighted by molar-refractivity contribution is -0.129. The number of aromatic nitrogens is 1. The number of fused-ring (bicyclic) bond motifs is 1. The van der Waals surface area contributed by atoms with Gasteiger partial charge in [-0.15, -0.1) is 0 Å². The van der Waals surface area contributed by atoms with E-state index in [9.17, 15) is 4.79 Å². The van der Waals surface area contributed by atoms with Gasteiger partial charge in [0.15, 0.2) is 0 Å². The molecule has 2 aromatic rings. The Labute approximate surface area is 125 Å². The number of nitrogens with zero attached hydrogens (tertiary/aromatic N) is 2. The van der Waals surface area contributed by atoms with Crippen LogP contribution in [0.15, 0.2) is 48.7 Å². The molecule has 3 rings (SSSR count). The van der Waals surface area contributed by atoms with E-state index in [0.717, 1.165) is 18.7 Å². The normalized spacial score (nSPS) is 18.0. The summed E-state index contributed by atoms with van der Waals surface area (Å²) >= 11 is 0. The number of aryl methyl sites for hydroxylation is 1. The Morgan fingerprint density at radius 3 is 2.71 bits per heavy atom. The summed E-state index contributed by atoms with van der Waals surface area (Å²) in [7, 11) is 0. The molecule has 1 aliphatic rings. The van der Waals surface area contributed by atoms with Crippen molar-refractivity contribution in [2.24, 2.45) is 0 Å². The SMILES string of the molecule is Cc1ccc(/C=C\C(=O)N2CCn3cccc3[C@H]2C)cc1. The van der Waals surface area contributed by atoms with Crippen LogP contribution in [0.4, 0.5) is 0 Å². The summed E-state index contributed by atoms with van der Waals surface area (Å²) in [6.07, 6.45) is 5.65. The Balaban J connectivity index is 1.73. The fraction of sp³-hybridized carbons (Fsp3) is 0.278. The maximum Gasteiger partial charge on any atom is 0.247 e. The highest BCUT2D eigenvalue weighted by molar-refractivity contribution is 5.92. The quantitative estimate of drug-likeness (QED) is 0.774. The van der Waals surface area contributed by atoms with Crippen molar-refractivity contribution in [1.82, 2.24) is 9.47 Å². The molecule has 1 amide bonds. The zero-order valence-electron chi connectivity index (χ0n) is 12.5. The van der Waals surface area contributed by atoms with Crippen LogP contribution in [0.25, 0.3) is 6.08 Å². The third-order valence-electron chi connectivity index (χ3n) is 4.12. The molecule has 0 bridgehead atoms. The molecule has 21 heavy (non-hydrogen) atoms. The van der Waals surface area contributed by atoms with Crippen LogP contribution in [0, 0.1) is 6.92 Å². The van der Waals surface area contributed by atoms with E-state index in [0.29, 0.717) is 0 Å². The van der Waals surface area contributed by atoms with Gasteiger partial charge in [-0.2, -0.15) is 0 Å². The number of amides is 1. The van der Waals surface area contributed by atoms with Crippen LogP contribution >= 0.6 is 0 Å². The molecular formula is C18H20N2O. The van der Waals surface area contributed by atoms with Crippen molar-refractivity contribution < 1.29 is 4.79 Å². The van der Waals surface area contributed by atoms with E-state index in [-0.39, 0.29) is 11.9 Å². The van der Waals surface area contributed by atoms with Crippen LogP contribution < -0.4 is 0 Å². The molecule has 1 aromatic carbocycles. The van der Waals surface area contributed by atoms with Gasteiger partial charge < -0.3 is 9.47 Å². The van der Waals surface area contributed by atoms with Crippen LogP contribution in [-0.2, 0) is 11.3 Å². The van der Waals surface area contributed by atoms with Crippen LogP contribution in [0.5, 0.6) is 0 Å². The fourth-order valence-corrected chi connectivity index (χ4v) is 2.82. The third kappa shape index (κ3) is 2.77. The lowest BCUT2D eigenvalue weighted by atomic mass is 10.1. The first-order chi connectivity index (χ1) is 10.1. The van der Waals surface area contributed by atoms with Gasteiger partial charge in [-0.1, -0.05) is 29.8 Å². The van der Waals surface area contributed by atoms with E-state index in [1.807, 2.05) is 29.2 Å². The number of carbonyl (C=O) groups is 1. The fourth-order valence-electron chi connectivity index (χ4n) is 2.82. The molecule has 0 fully saturated rings. The van der Waals surface area contributed by atoms with Gasteiger partial charge in [0, 0.05) is 31.1 Å². The van der Waals surface area contributed by atoms with Crippen molar-refractivity contribution in [2.45, 2.75) is 26.4 Å². The Hall–Kier alpha value is -2.29. The second kappa shape index (κ2) is 5.60. The molecule has 0 unspecified atom stereocenters. The Morgan fingerprint density at radius 2 is 1.95 bits per heavy atom. The lowest BCUT2D eigenvalue weighted by Crippen LogP contribution is -2.39. The molecule has 2 heterocycles. The van der Waals surface area contributed by atoms with E-state index < -0.39 is 0 Å². The number of hydrogen-bond donors (Lipinski definition) is 0. The van der Waals surface area contributed by atoms with Gasteiger partial charge in [0.25, 0.3) is 0 Å². The Bertz CT molecular complexity index is 667. The average Bonchev–Trinajstić information content (AvgIpc) is 2.96.